The van der Waals surface area contributed by atoms with Crippen molar-refractivity contribution in [2.75, 3.05) is 49.8 Å². The van der Waals surface area contributed by atoms with E-state index in [-0.39, 0.29) is 43.1 Å². The van der Waals surface area contributed by atoms with Crippen molar-refractivity contribution < 1.29 is 38.2 Å². The zero-order chi connectivity index (χ0) is 37.8. The highest BCUT2D eigenvalue weighted by Gasteiger charge is 2.29. The fourth-order valence-electron chi connectivity index (χ4n) is 5.83. The van der Waals surface area contributed by atoms with E-state index < -0.39 is 23.6 Å². The lowest BCUT2D eigenvalue weighted by Gasteiger charge is -2.32. The third kappa shape index (κ3) is 12.1. The number of piperidine rings is 1. The summed E-state index contributed by atoms with van der Waals surface area (Å²) in [7, 11) is 2.78. The summed E-state index contributed by atoms with van der Waals surface area (Å²) in [6, 6.07) is 18.4. The zero-order valence-corrected chi connectivity index (χ0v) is 30.7. The van der Waals surface area contributed by atoms with Crippen LogP contribution in [-0.2, 0) is 35.1 Å². The Balaban J connectivity index is 1.31. The first-order chi connectivity index (χ1) is 24.7. The molecular weight excluding hydrogens is 666 g/mol. The maximum Gasteiger partial charge on any atom is 0.323 e. The molecule has 1 atom stereocenters. The highest BCUT2D eigenvalue weighted by Crippen LogP contribution is 2.27. The van der Waals surface area contributed by atoms with Crippen LogP contribution >= 0.6 is 0 Å². The highest BCUT2D eigenvalue weighted by atomic mass is 16.6. The standard InChI is InChI=1S/C39H49N5O8/c1-25-9-7-8-10-30(25)42-38(49)43-31-16-11-26(21-33(31)50-5)22-34(45)40-29-14-12-27(13-15-29)32(23-35(46)51-6)41-37(48)28-17-19-44(20-18-28)24-36(47)52-39(2,3)4/h7-16,21,28,32H,17-20,22-24H2,1-6H3,(H,40,45)(H,41,48)(H2,42,43,49)/t32-/m1/s1. The lowest BCUT2D eigenvalue weighted by Crippen LogP contribution is -2.44. The van der Waals surface area contributed by atoms with Crippen molar-refractivity contribution in [3.05, 3.63) is 83.4 Å². The van der Waals surface area contributed by atoms with Gasteiger partial charge >= 0.3 is 18.0 Å². The van der Waals surface area contributed by atoms with E-state index in [1.165, 1.54) is 14.2 Å². The summed E-state index contributed by atoms with van der Waals surface area (Å²) >= 11 is 0. The topological polar surface area (TPSA) is 164 Å². The SMILES string of the molecule is COC(=O)C[C@@H](NC(=O)C1CCN(CC(=O)OC(C)(C)C)CC1)c1ccc(NC(=O)Cc2ccc(NC(=O)Nc3ccccc3C)c(OC)c2)cc1. The molecule has 1 fully saturated rings. The molecule has 4 rings (SSSR count). The fraction of sp³-hybridized carbons (Fsp3) is 0.410. The molecule has 0 radical (unpaired) electrons. The normalized spacial score (nSPS) is 14.0. The zero-order valence-electron chi connectivity index (χ0n) is 30.7. The summed E-state index contributed by atoms with van der Waals surface area (Å²) in [6.07, 6.45) is 1.12. The number of esters is 2. The van der Waals surface area contributed by atoms with Crippen molar-refractivity contribution in [1.29, 1.82) is 0 Å². The molecule has 3 aromatic rings. The average molecular weight is 716 g/mol. The van der Waals surface area contributed by atoms with Crippen molar-refractivity contribution in [3.8, 4) is 5.75 Å². The molecule has 3 aromatic carbocycles. The second-order valence-corrected chi connectivity index (χ2v) is 13.8. The van der Waals surface area contributed by atoms with Crippen LogP contribution < -0.4 is 26.0 Å². The van der Waals surface area contributed by atoms with Crippen LogP contribution in [0.3, 0.4) is 0 Å². The Kier molecular flexibility index (Phi) is 13.8. The Morgan fingerprint density at radius 2 is 1.52 bits per heavy atom. The molecule has 1 heterocycles. The molecule has 0 aromatic heterocycles. The van der Waals surface area contributed by atoms with Gasteiger partial charge in [-0.15, -0.1) is 0 Å². The van der Waals surface area contributed by atoms with Crippen LogP contribution in [0.4, 0.5) is 21.9 Å². The quantitative estimate of drug-likeness (QED) is 0.165. The molecule has 1 aliphatic rings. The second kappa shape index (κ2) is 18.2. The highest BCUT2D eigenvalue weighted by molar-refractivity contribution is 6.01. The van der Waals surface area contributed by atoms with Gasteiger partial charge in [0.15, 0.2) is 0 Å². The van der Waals surface area contributed by atoms with Crippen molar-refractivity contribution in [2.24, 2.45) is 5.92 Å². The Bertz CT molecular complexity index is 1730. The van der Waals surface area contributed by atoms with Gasteiger partial charge < -0.3 is 35.5 Å². The van der Waals surface area contributed by atoms with E-state index in [9.17, 15) is 24.0 Å². The first kappa shape index (κ1) is 39.4. The molecule has 13 nitrogen and oxygen atoms in total. The molecule has 4 N–H and O–H groups in total. The molecule has 4 amide bonds. The Labute approximate surface area is 304 Å². The summed E-state index contributed by atoms with van der Waals surface area (Å²) < 4.78 is 15.8. The molecule has 52 heavy (non-hydrogen) atoms. The summed E-state index contributed by atoms with van der Waals surface area (Å²) in [4.78, 5) is 65.3. The lowest BCUT2D eigenvalue weighted by atomic mass is 9.94. The number of likely N-dealkylation sites (tertiary alicyclic amines) is 1. The molecule has 0 unspecified atom stereocenters. The van der Waals surface area contributed by atoms with Gasteiger partial charge in [-0.2, -0.15) is 0 Å². The van der Waals surface area contributed by atoms with Crippen LogP contribution in [0.15, 0.2) is 66.7 Å². The number of ether oxygens (including phenoxy) is 3. The molecule has 0 spiro atoms. The number of anilines is 3. The smallest absolute Gasteiger partial charge is 0.323 e. The van der Waals surface area contributed by atoms with Crippen LogP contribution in [-0.4, -0.2) is 74.1 Å². The number of carbonyl (C=O) groups excluding carboxylic acids is 5. The van der Waals surface area contributed by atoms with Gasteiger partial charge in [0, 0.05) is 17.3 Å². The third-order valence-electron chi connectivity index (χ3n) is 8.51. The minimum absolute atomic E-state index is 0.0470. The van der Waals surface area contributed by atoms with E-state index in [4.69, 9.17) is 14.2 Å². The maximum atomic E-state index is 13.3. The number of urea groups is 1. The minimum atomic E-state index is -0.636. The minimum Gasteiger partial charge on any atom is -0.495 e. The number of hydrogen-bond donors (Lipinski definition) is 4. The Morgan fingerprint density at radius 3 is 2.15 bits per heavy atom. The molecular formula is C39H49N5O8. The predicted octanol–water partition coefficient (Wildman–Crippen LogP) is 5.60. The van der Waals surface area contributed by atoms with Gasteiger partial charge in [-0.25, -0.2) is 4.79 Å². The lowest BCUT2D eigenvalue weighted by molar-refractivity contribution is -0.156. The molecule has 13 heteroatoms. The van der Waals surface area contributed by atoms with Gasteiger partial charge in [0.25, 0.3) is 0 Å². The number of methoxy groups -OCH3 is 2. The van der Waals surface area contributed by atoms with E-state index >= 15 is 0 Å². The first-order valence-electron chi connectivity index (χ1n) is 17.2. The van der Waals surface area contributed by atoms with Crippen LogP contribution in [0, 0.1) is 12.8 Å². The van der Waals surface area contributed by atoms with Crippen LogP contribution in [0.1, 0.15) is 62.8 Å². The number of benzene rings is 3. The van der Waals surface area contributed by atoms with Crippen molar-refractivity contribution in [2.45, 2.75) is 65.0 Å². The molecule has 0 aliphatic carbocycles. The molecule has 278 valence electrons. The van der Waals surface area contributed by atoms with E-state index in [1.54, 1.807) is 42.5 Å². The summed E-state index contributed by atoms with van der Waals surface area (Å²) in [5.74, 6) is -1.08. The molecule has 1 aliphatic heterocycles. The van der Waals surface area contributed by atoms with E-state index in [2.05, 4.69) is 21.3 Å². The summed E-state index contributed by atoms with van der Waals surface area (Å²) in [6.45, 7) is 8.70. The second-order valence-electron chi connectivity index (χ2n) is 13.8. The van der Waals surface area contributed by atoms with Gasteiger partial charge in [0.2, 0.25) is 11.8 Å². The monoisotopic (exact) mass is 715 g/mol. The maximum absolute atomic E-state index is 13.3. The molecule has 0 bridgehead atoms. The van der Waals surface area contributed by atoms with E-state index in [1.807, 2.05) is 56.9 Å². The van der Waals surface area contributed by atoms with Crippen LogP contribution in [0.5, 0.6) is 5.75 Å². The van der Waals surface area contributed by atoms with Crippen LogP contribution in [0.25, 0.3) is 0 Å². The van der Waals surface area contributed by atoms with E-state index in [0.717, 1.165) is 5.56 Å². The van der Waals surface area contributed by atoms with Crippen LogP contribution in [0.2, 0.25) is 0 Å². The number of nitrogens with one attached hydrogen (secondary N) is 4. The fourth-order valence-corrected chi connectivity index (χ4v) is 5.83. The summed E-state index contributed by atoms with van der Waals surface area (Å²) in [5.41, 5.74) is 3.40. The van der Waals surface area contributed by atoms with Gasteiger partial charge in [-0.05, 0) is 101 Å². The van der Waals surface area contributed by atoms with Crippen molar-refractivity contribution in [3.63, 3.8) is 0 Å². The van der Waals surface area contributed by atoms with Gasteiger partial charge in [-0.3, -0.25) is 24.1 Å². The Hall–Kier alpha value is -5.43. The van der Waals surface area contributed by atoms with Crippen molar-refractivity contribution in [1.82, 2.24) is 10.2 Å². The molecule has 1 saturated heterocycles. The van der Waals surface area contributed by atoms with Gasteiger partial charge in [-0.1, -0.05) is 36.4 Å². The molecule has 0 saturated carbocycles. The first-order valence-corrected chi connectivity index (χ1v) is 17.2. The number of rotatable bonds is 13. The van der Waals surface area contributed by atoms with Gasteiger partial charge in [0.1, 0.15) is 11.4 Å². The number of amides is 4. The van der Waals surface area contributed by atoms with E-state index in [0.29, 0.717) is 59.9 Å². The van der Waals surface area contributed by atoms with Gasteiger partial charge in [0.05, 0.1) is 45.3 Å². The predicted molar refractivity (Wildman–Crippen MR) is 198 cm³/mol. The number of para-hydroxylation sites is 1. The van der Waals surface area contributed by atoms with Crippen molar-refractivity contribution >= 4 is 46.8 Å². The number of nitrogens with zero attached hydrogens (tertiary/aromatic N) is 1. The number of carbonyl (C=O) groups is 5. The summed E-state index contributed by atoms with van der Waals surface area (Å²) in [5, 5.41) is 11.5. The largest absolute Gasteiger partial charge is 0.495 e. The Morgan fingerprint density at radius 1 is 0.846 bits per heavy atom. The number of hydrogen-bond acceptors (Lipinski definition) is 9. The average Bonchev–Trinajstić information content (AvgIpc) is 3.09. The third-order valence-corrected chi connectivity index (χ3v) is 8.51. The number of aryl methyl sites for hydroxylation is 1.